The number of halogens is 3. The van der Waals surface area contributed by atoms with E-state index in [2.05, 4.69) is 106 Å². The summed E-state index contributed by atoms with van der Waals surface area (Å²) in [5.41, 5.74) is 8.49. The molecule has 0 unspecified atom stereocenters. The molecule has 0 aliphatic rings. The van der Waals surface area contributed by atoms with Crippen LogP contribution in [0.3, 0.4) is 0 Å². The van der Waals surface area contributed by atoms with Crippen molar-refractivity contribution >= 4 is 102 Å². The molecule has 0 amide bonds. The molecule has 0 saturated carbocycles. The van der Waals surface area contributed by atoms with E-state index >= 15 is 0 Å². The van der Waals surface area contributed by atoms with Crippen molar-refractivity contribution in [2.75, 3.05) is 28.4 Å². The van der Waals surface area contributed by atoms with Crippen molar-refractivity contribution in [1.29, 1.82) is 0 Å². The summed E-state index contributed by atoms with van der Waals surface area (Å²) in [5, 5.41) is 15.4. The van der Waals surface area contributed by atoms with Gasteiger partial charge in [-0.25, -0.2) is 29.9 Å². The zero-order chi connectivity index (χ0) is 58.2. The van der Waals surface area contributed by atoms with Crippen molar-refractivity contribution in [2.24, 2.45) is 0 Å². The summed E-state index contributed by atoms with van der Waals surface area (Å²) in [6.45, 7) is 2.30. The molecule has 0 spiro atoms. The molecule has 0 saturated heterocycles. The number of nitrogens with one attached hydrogen (secondary N) is 8. The fourth-order valence-corrected chi connectivity index (χ4v) is 9.10. The largest absolute Gasteiger partial charge is 0.496 e. The summed E-state index contributed by atoms with van der Waals surface area (Å²) in [6, 6.07) is 30.9. The van der Waals surface area contributed by atoms with Crippen LogP contribution < -0.4 is 26.0 Å². The number of furan rings is 2. The molecule has 0 radical (unpaired) electrons. The van der Waals surface area contributed by atoms with Gasteiger partial charge in [0.2, 0.25) is 15.9 Å². The first-order chi connectivity index (χ1) is 41.8. The number of methoxy groups -OCH3 is 1. The number of anilines is 4. The number of pyridine rings is 3. The van der Waals surface area contributed by atoms with Crippen LogP contribution in [0.1, 0.15) is 45.4 Å². The van der Waals surface area contributed by atoms with Crippen molar-refractivity contribution < 1.29 is 13.6 Å². The topological polar surface area (TPSA) is 314 Å². The highest BCUT2D eigenvalue weighted by molar-refractivity contribution is 6.29. The predicted octanol–water partition coefficient (Wildman–Crippen LogP) is 11.6. The number of aromatic nitrogens is 17. The maximum atomic E-state index is 6.01. The van der Waals surface area contributed by atoms with E-state index in [0.717, 1.165) is 84.4 Å². The van der Waals surface area contributed by atoms with Gasteiger partial charge in [0, 0.05) is 81.1 Å². The Morgan fingerprint density at radius 2 is 1.04 bits per heavy atom. The van der Waals surface area contributed by atoms with Crippen LogP contribution in [0.5, 0.6) is 5.75 Å². The Balaban J connectivity index is 0.000000119. The number of fused-ring (bicyclic) bond motifs is 4. The number of benzene rings is 1. The highest BCUT2D eigenvalue weighted by atomic mass is 35.5. The van der Waals surface area contributed by atoms with Crippen molar-refractivity contribution in [3.8, 4) is 5.75 Å². The zero-order valence-electron chi connectivity index (χ0n) is 45.0. The number of ether oxygens (including phenoxy) is 1. The summed E-state index contributed by atoms with van der Waals surface area (Å²) in [5.74, 6) is 6.82. The van der Waals surface area contributed by atoms with Crippen LogP contribution in [0.25, 0.3) is 44.4 Å². The molecule has 24 nitrogen and oxygen atoms in total. The Labute approximate surface area is 498 Å². The number of imidazole rings is 2. The third kappa shape index (κ3) is 14.9. The Morgan fingerprint density at radius 3 is 1.66 bits per heavy atom. The average Bonchev–Trinajstić information content (AvgIpc) is 4.25. The second kappa shape index (κ2) is 27.5. The summed E-state index contributed by atoms with van der Waals surface area (Å²) in [7, 11) is 1.66. The molecule has 85 heavy (non-hydrogen) atoms. The van der Waals surface area contributed by atoms with E-state index in [1.807, 2.05) is 116 Å². The monoisotopic (exact) mass is 1190 g/mol. The summed E-state index contributed by atoms with van der Waals surface area (Å²) in [4.78, 5) is 67.3. The molecule has 27 heteroatoms. The fraction of sp³-hybridized carbons (Fsp3) is 0.121. The maximum absolute atomic E-state index is 6.01. The van der Waals surface area contributed by atoms with Gasteiger partial charge in [0.25, 0.3) is 0 Å². The van der Waals surface area contributed by atoms with Gasteiger partial charge in [-0.1, -0.05) is 24.3 Å². The molecule has 0 aliphatic heterocycles. The van der Waals surface area contributed by atoms with E-state index in [0.29, 0.717) is 73.4 Å². The van der Waals surface area contributed by atoms with Crippen molar-refractivity contribution in [1.82, 2.24) is 84.7 Å². The minimum Gasteiger partial charge on any atom is -0.496 e. The fourth-order valence-electron chi connectivity index (χ4n) is 8.59. The molecule has 8 N–H and O–H groups in total. The van der Waals surface area contributed by atoms with Gasteiger partial charge in [-0.15, -0.1) is 0 Å². The molecule has 426 valence electrons. The van der Waals surface area contributed by atoms with E-state index < -0.39 is 0 Å². The molecule has 0 bridgehead atoms. The number of hydrogen-bond acceptors (Lipinski definition) is 20. The van der Waals surface area contributed by atoms with Gasteiger partial charge < -0.3 is 54.8 Å². The lowest BCUT2D eigenvalue weighted by molar-refractivity contribution is 0.410. The third-order valence-corrected chi connectivity index (χ3v) is 13.1. The Hall–Kier alpha value is -10.6. The van der Waals surface area contributed by atoms with Crippen LogP contribution in [-0.4, -0.2) is 91.8 Å². The Bertz CT molecular complexity index is 4380. The number of aromatic amines is 4. The van der Waals surface area contributed by atoms with Crippen LogP contribution in [-0.2, 0) is 39.0 Å². The van der Waals surface area contributed by atoms with E-state index in [9.17, 15) is 0 Å². The number of rotatable bonds is 17. The Morgan fingerprint density at radius 1 is 0.471 bits per heavy atom. The van der Waals surface area contributed by atoms with E-state index in [1.165, 1.54) is 6.33 Å². The molecule has 14 rings (SSSR count). The second-order valence-electron chi connectivity index (χ2n) is 18.3. The summed E-state index contributed by atoms with van der Waals surface area (Å²) < 4.78 is 15.9. The Kier molecular flexibility index (Phi) is 18.2. The molecule has 1 aromatic carbocycles. The van der Waals surface area contributed by atoms with Crippen LogP contribution >= 0.6 is 34.8 Å². The summed E-state index contributed by atoms with van der Waals surface area (Å²) >= 11 is 17.8. The lowest BCUT2D eigenvalue weighted by Gasteiger charge is -2.10. The van der Waals surface area contributed by atoms with Crippen LogP contribution in [0, 0.1) is 0 Å². The zero-order valence-corrected chi connectivity index (χ0v) is 47.3. The number of H-pyrrole nitrogens is 4. The quantitative estimate of drug-likeness (QED) is 0.0393. The standard InChI is InChI=1S/C16H13ClN6O.C16H14N6O.C14H13ClN4O.C12H10ClN5/c17-16-22-14(19-9-11-2-1-7-24-11)13-15(23-16)21-12(20-13)8-10-3-5-18-6-4-10;1-3-11(8-17-5-1)7-13-21-14-15(19-10-20-16(14)22-13)18-9-12-4-2-6-23-12;1-20-11-5-3-2-4-9(11)8-17-13-10-6-7-16-12(10)18-14(15)19-13;13-12-17-10-9(3-6-15-10)11(18-12)16-7-8-1-4-14-5-2-8/h1-7H,8-9H2,(H2,19,20,21,22,23);1-6,8,10H,7,9H2,(H2,18,19,20,21,22);2-7H,8H2,1H3,(H2,16,17,18,19);1-6H,7H2,(H2,15,16,17,18). The van der Waals surface area contributed by atoms with Crippen molar-refractivity contribution in [3.63, 3.8) is 0 Å². The molecule has 13 heterocycles. The first-order valence-electron chi connectivity index (χ1n) is 26.2. The first kappa shape index (κ1) is 56.3. The second-order valence-corrected chi connectivity index (χ2v) is 19.3. The third-order valence-electron chi connectivity index (χ3n) is 12.6. The van der Waals surface area contributed by atoms with Crippen LogP contribution in [0.15, 0.2) is 174 Å². The van der Waals surface area contributed by atoms with Gasteiger partial charge in [0.1, 0.15) is 69.2 Å². The van der Waals surface area contributed by atoms with Crippen LogP contribution in [0.4, 0.5) is 23.3 Å². The molecule has 0 aliphatic carbocycles. The number of hydrogen-bond donors (Lipinski definition) is 8. The highest BCUT2D eigenvalue weighted by Crippen LogP contribution is 2.26. The normalized spacial score (nSPS) is 10.9. The molecule has 14 aromatic rings. The van der Waals surface area contributed by atoms with E-state index in [-0.39, 0.29) is 15.9 Å². The lowest BCUT2D eigenvalue weighted by Crippen LogP contribution is -2.04. The van der Waals surface area contributed by atoms with Gasteiger partial charge in [-0.3, -0.25) is 15.0 Å². The van der Waals surface area contributed by atoms with Crippen LogP contribution in [0.2, 0.25) is 15.9 Å². The summed E-state index contributed by atoms with van der Waals surface area (Å²) in [6.07, 6.45) is 20.3. The highest BCUT2D eigenvalue weighted by Gasteiger charge is 2.15. The van der Waals surface area contributed by atoms with Gasteiger partial charge in [0.15, 0.2) is 22.9 Å². The van der Waals surface area contributed by atoms with Crippen molar-refractivity contribution in [3.05, 3.63) is 227 Å². The van der Waals surface area contributed by atoms with Gasteiger partial charge in [0.05, 0.1) is 43.5 Å². The van der Waals surface area contributed by atoms with Crippen molar-refractivity contribution in [2.45, 2.75) is 39.0 Å². The predicted molar refractivity (Wildman–Crippen MR) is 324 cm³/mol. The molecular formula is C58H50Cl3N21O3. The first-order valence-corrected chi connectivity index (χ1v) is 27.3. The minimum atomic E-state index is 0.145. The number of para-hydroxylation sites is 1. The SMILES string of the molecule is COc1ccccc1CNc1nc(Cl)nc2[nH]ccc12.Clc1nc(NCc2ccco2)c2[nH]c(Cc3ccncc3)nc2n1.Clc1nc(NCc2ccncc2)c2cc[nH]c2n1.c1cncc(Cc2nc3ncnc(NCc4ccco4)c3[nH]2)c1. The molecule has 0 atom stereocenters. The smallest absolute Gasteiger partial charge is 0.226 e. The van der Waals surface area contributed by atoms with Gasteiger partial charge >= 0.3 is 0 Å². The average molecular weight is 1200 g/mol. The van der Waals surface area contributed by atoms with Gasteiger partial charge in [-0.2, -0.15) is 19.9 Å². The maximum Gasteiger partial charge on any atom is 0.226 e. The minimum absolute atomic E-state index is 0.145. The van der Waals surface area contributed by atoms with E-state index in [1.54, 1.807) is 50.6 Å². The molecule has 13 aromatic heterocycles. The van der Waals surface area contributed by atoms with E-state index in [4.69, 9.17) is 48.4 Å². The molecular weight excluding hydrogens is 1150 g/mol. The lowest BCUT2D eigenvalue weighted by atomic mass is 10.2. The van der Waals surface area contributed by atoms with Gasteiger partial charge in [-0.05, 0) is 124 Å². The number of nitrogens with zero attached hydrogens (tertiary/aromatic N) is 13. The molecule has 0 fully saturated rings.